The SMILES string of the molecule is O=C1OC(c2ccc(Cl)c(Cl)c2)=N/C1=C\c1ccc(OCc2cccc(I)c2)cc1. The zero-order valence-corrected chi connectivity index (χ0v) is 19.1. The molecule has 0 fully saturated rings. The van der Waals surface area contributed by atoms with Crippen LogP contribution in [0.1, 0.15) is 16.7 Å². The van der Waals surface area contributed by atoms with Crippen molar-refractivity contribution in [2.75, 3.05) is 0 Å². The third kappa shape index (κ3) is 5.03. The highest BCUT2D eigenvalue weighted by Crippen LogP contribution is 2.26. The minimum absolute atomic E-state index is 0.197. The zero-order chi connectivity index (χ0) is 21.1. The first-order chi connectivity index (χ1) is 14.5. The van der Waals surface area contributed by atoms with E-state index in [-0.39, 0.29) is 11.6 Å². The third-order valence-electron chi connectivity index (χ3n) is 4.27. The van der Waals surface area contributed by atoms with Crippen LogP contribution in [0, 0.1) is 3.57 Å². The molecule has 0 bridgehead atoms. The summed E-state index contributed by atoms with van der Waals surface area (Å²) in [7, 11) is 0. The van der Waals surface area contributed by atoms with Crippen LogP contribution in [-0.4, -0.2) is 11.9 Å². The fraction of sp³-hybridized carbons (Fsp3) is 0.0435. The van der Waals surface area contributed by atoms with Gasteiger partial charge < -0.3 is 9.47 Å². The van der Waals surface area contributed by atoms with Crippen molar-refractivity contribution in [3.8, 4) is 5.75 Å². The molecule has 1 heterocycles. The maximum absolute atomic E-state index is 12.2. The van der Waals surface area contributed by atoms with Crippen molar-refractivity contribution in [2.24, 2.45) is 4.99 Å². The molecule has 0 unspecified atom stereocenters. The second kappa shape index (κ2) is 9.20. The number of carbonyl (C=O) groups is 1. The van der Waals surface area contributed by atoms with E-state index in [9.17, 15) is 4.79 Å². The van der Waals surface area contributed by atoms with Gasteiger partial charge in [0.2, 0.25) is 5.90 Å². The lowest BCUT2D eigenvalue weighted by Crippen LogP contribution is -2.05. The molecule has 0 saturated heterocycles. The molecule has 7 heteroatoms. The molecule has 0 spiro atoms. The van der Waals surface area contributed by atoms with Gasteiger partial charge in [0.1, 0.15) is 12.4 Å². The molecule has 150 valence electrons. The Morgan fingerprint density at radius 3 is 2.53 bits per heavy atom. The highest BCUT2D eigenvalue weighted by Gasteiger charge is 2.24. The number of ether oxygens (including phenoxy) is 2. The Labute approximate surface area is 197 Å². The molecule has 0 radical (unpaired) electrons. The number of nitrogens with zero attached hydrogens (tertiary/aromatic N) is 1. The second-order valence-corrected chi connectivity index (χ2v) is 8.51. The molecule has 3 aromatic carbocycles. The number of aliphatic imine (C=N–C) groups is 1. The standard InChI is InChI=1S/C23H14Cl2INO3/c24-19-9-6-16(12-20(19)25)22-27-21(23(28)30-22)11-14-4-7-18(8-5-14)29-13-15-2-1-3-17(26)10-15/h1-12H,13H2/b21-11-. The summed E-state index contributed by atoms with van der Waals surface area (Å²) in [6.07, 6.45) is 1.66. The van der Waals surface area contributed by atoms with Gasteiger partial charge in [-0.25, -0.2) is 9.79 Å². The van der Waals surface area contributed by atoms with Gasteiger partial charge in [-0.3, -0.25) is 0 Å². The smallest absolute Gasteiger partial charge is 0.363 e. The van der Waals surface area contributed by atoms with E-state index in [1.807, 2.05) is 42.5 Å². The summed E-state index contributed by atoms with van der Waals surface area (Å²) >= 11 is 14.2. The highest BCUT2D eigenvalue weighted by atomic mass is 127. The van der Waals surface area contributed by atoms with Gasteiger partial charge in [0.05, 0.1) is 10.0 Å². The lowest BCUT2D eigenvalue weighted by molar-refractivity contribution is -0.129. The maximum atomic E-state index is 12.2. The van der Waals surface area contributed by atoms with Gasteiger partial charge in [0.25, 0.3) is 0 Å². The van der Waals surface area contributed by atoms with Crippen molar-refractivity contribution in [3.05, 3.63) is 103 Å². The van der Waals surface area contributed by atoms with Crippen LogP contribution in [0.3, 0.4) is 0 Å². The van der Waals surface area contributed by atoms with Gasteiger partial charge in [-0.05, 0) is 82.3 Å². The van der Waals surface area contributed by atoms with Gasteiger partial charge >= 0.3 is 5.97 Å². The average molecular weight is 550 g/mol. The summed E-state index contributed by atoms with van der Waals surface area (Å²) in [4.78, 5) is 16.5. The van der Waals surface area contributed by atoms with Crippen LogP contribution < -0.4 is 4.74 Å². The van der Waals surface area contributed by atoms with E-state index in [1.54, 1.807) is 24.3 Å². The van der Waals surface area contributed by atoms with Crippen LogP contribution in [0.5, 0.6) is 5.75 Å². The molecule has 0 N–H and O–H groups in total. The lowest BCUT2D eigenvalue weighted by atomic mass is 10.2. The molecule has 1 aliphatic rings. The van der Waals surface area contributed by atoms with Crippen LogP contribution >= 0.6 is 45.8 Å². The second-order valence-electron chi connectivity index (χ2n) is 6.45. The van der Waals surface area contributed by atoms with Crippen molar-refractivity contribution in [2.45, 2.75) is 6.61 Å². The van der Waals surface area contributed by atoms with Gasteiger partial charge in [0.15, 0.2) is 5.70 Å². The van der Waals surface area contributed by atoms with Crippen molar-refractivity contribution in [3.63, 3.8) is 0 Å². The molecule has 0 aromatic heterocycles. The summed E-state index contributed by atoms with van der Waals surface area (Å²) < 4.78 is 12.3. The van der Waals surface area contributed by atoms with Crippen LogP contribution in [0.15, 0.2) is 77.4 Å². The van der Waals surface area contributed by atoms with Crippen LogP contribution in [-0.2, 0) is 16.1 Å². The molecule has 1 aliphatic heterocycles. The maximum Gasteiger partial charge on any atom is 0.363 e. The number of esters is 1. The Morgan fingerprint density at radius 1 is 1.00 bits per heavy atom. The Hall–Kier alpha value is -2.35. The Balaban J connectivity index is 1.46. The fourth-order valence-electron chi connectivity index (χ4n) is 2.77. The Bertz CT molecular complexity index is 1170. The van der Waals surface area contributed by atoms with E-state index in [2.05, 4.69) is 33.6 Å². The topological polar surface area (TPSA) is 47.9 Å². The van der Waals surface area contributed by atoms with Crippen molar-refractivity contribution >= 4 is 63.7 Å². The quantitative estimate of drug-likeness (QED) is 0.207. The molecule has 30 heavy (non-hydrogen) atoms. The van der Waals surface area contributed by atoms with Crippen LogP contribution in [0.25, 0.3) is 6.08 Å². The third-order valence-corrected chi connectivity index (χ3v) is 5.68. The summed E-state index contributed by atoms with van der Waals surface area (Å²) in [6, 6.07) is 20.5. The average Bonchev–Trinajstić information content (AvgIpc) is 3.10. The first kappa shape index (κ1) is 20.9. The zero-order valence-electron chi connectivity index (χ0n) is 15.4. The van der Waals surface area contributed by atoms with Gasteiger partial charge in [0, 0.05) is 9.13 Å². The molecule has 4 rings (SSSR count). The largest absolute Gasteiger partial charge is 0.489 e. The molecule has 0 amide bonds. The molecule has 4 nitrogen and oxygen atoms in total. The number of benzene rings is 3. The number of rotatable bonds is 5. The summed E-state index contributed by atoms with van der Waals surface area (Å²) in [6.45, 7) is 0.487. The van der Waals surface area contributed by atoms with Crippen molar-refractivity contribution < 1.29 is 14.3 Å². The molecule has 0 aliphatic carbocycles. The molecular formula is C23H14Cl2INO3. The molecule has 0 atom stereocenters. The van der Waals surface area contributed by atoms with Gasteiger partial charge in [-0.2, -0.15) is 0 Å². The van der Waals surface area contributed by atoms with E-state index in [0.29, 0.717) is 22.2 Å². The molecular weight excluding hydrogens is 536 g/mol. The van der Waals surface area contributed by atoms with Gasteiger partial charge in [-0.15, -0.1) is 0 Å². The first-order valence-corrected chi connectivity index (χ1v) is 10.8. The van der Waals surface area contributed by atoms with Crippen molar-refractivity contribution in [1.29, 1.82) is 0 Å². The predicted molar refractivity (Wildman–Crippen MR) is 127 cm³/mol. The molecule has 0 saturated carbocycles. The van der Waals surface area contributed by atoms with Crippen molar-refractivity contribution in [1.82, 2.24) is 0 Å². The normalized spacial score (nSPS) is 14.6. The Kier molecular flexibility index (Phi) is 6.41. The van der Waals surface area contributed by atoms with E-state index in [1.165, 1.54) is 3.57 Å². The van der Waals surface area contributed by atoms with Gasteiger partial charge in [-0.1, -0.05) is 47.5 Å². The van der Waals surface area contributed by atoms with E-state index >= 15 is 0 Å². The summed E-state index contributed by atoms with van der Waals surface area (Å²) in [5.41, 5.74) is 2.71. The lowest BCUT2D eigenvalue weighted by Gasteiger charge is -2.07. The number of carbonyl (C=O) groups excluding carboxylic acids is 1. The summed E-state index contributed by atoms with van der Waals surface area (Å²) in [5.74, 6) is 0.419. The number of hydrogen-bond donors (Lipinski definition) is 0. The molecule has 3 aromatic rings. The first-order valence-electron chi connectivity index (χ1n) is 8.93. The van der Waals surface area contributed by atoms with E-state index < -0.39 is 5.97 Å². The summed E-state index contributed by atoms with van der Waals surface area (Å²) in [5, 5.41) is 0.788. The minimum Gasteiger partial charge on any atom is -0.489 e. The number of hydrogen-bond acceptors (Lipinski definition) is 4. The monoisotopic (exact) mass is 549 g/mol. The van der Waals surface area contributed by atoms with E-state index in [4.69, 9.17) is 32.7 Å². The predicted octanol–water partition coefficient (Wildman–Crippen LogP) is 6.52. The number of halogens is 3. The highest BCUT2D eigenvalue weighted by molar-refractivity contribution is 14.1. The fourth-order valence-corrected chi connectivity index (χ4v) is 3.68. The van der Waals surface area contributed by atoms with E-state index in [0.717, 1.165) is 16.9 Å². The number of cyclic esters (lactones) is 1. The Morgan fingerprint density at radius 2 is 1.80 bits per heavy atom. The minimum atomic E-state index is -0.518. The van der Waals surface area contributed by atoms with Crippen LogP contribution in [0.4, 0.5) is 0 Å². The van der Waals surface area contributed by atoms with Crippen LogP contribution in [0.2, 0.25) is 10.0 Å².